The van der Waals surface area contributed by atoms with Gasteiger partial charge in [-0.1, -0.05) is 49.1 Å². The highest BCUT2D eigenvalue weighted by Crippen LogP contribution is 2.30. The lowest BCUT2D eigenvalue weighted by Gasteiger charge is -2.03. The summed E-state index contributed by atoms with van der Waals surface area (Å²) in [4.78, 5) is 0. The average Bonchev–Trinajstić information content (AvgIpc) is 2.88. The molecule has 0 bridgehead atoms. The van der Waals surface area contributed by atoms with Crippen molar-refractivity contribution < 1.29 is 0 Å². The number of nitrogens with two attached hydrogens (primary N) is 1. The number of benzene rings is 1. The van der Waals surface area contributed by atoms with Gasteiger partial charge in [-0.25, -0.2) is 4.68 Å². The number of allylic oxidation sites excluding steroid dienone is 6. The quantitative estimate of drug-likeness (QED) is 0.534. The number of anilines is 1. The molecular weight excluding hydrogens is 310 g/mol. The van der Waals surface area contributed by atoms with Crippen molar-refractivity contribution in [2.45, 2.75) is 20.8 Å². The van der Waals surface area contributed by atoms with Crippen molar-refractivity contribution in [1.29, 1.82) is 0 Å². The minimum atomic E-state index is 0.446. The third-order valence-electron chi connectivity index (χ3n) is 3.63. The number of nitrogen functional groups attached to an aromatic ring is 1. The first kappa shape index (κ1) is 18.1. The maximum absolute atomic E-state index is 6.21. The molecule has 0 saturated carbocycles. The molecule has 2 aromatic rings. The summed E-state index contributed by atoms with van der Waals surface area (Å²) in [6.07, 6.45) is 7.33. The third-order valence-corrected chi connectivity index (χ3v) is 3.63. The largest absolute Gasteiger partial charge is 0.382 e. The van der Waals surface area contributed by atoms with Crippen LogP contribution in [0.25, 0.3) is 11.3 Å². The molecule has 0 spiro atoms. The van der Waals surface area contributed by atoms with Gasteiger partial charge in [0, 0.05) is 0 Å². The fourth-order valence-electron chi connectivity index (χ4n) is 2.23. The van der Waals surface area contributed by atoms with Gasteiger partial charge in [-0.15, -0.1) is 5.11 Å². The number of hydrogen-bond donors (Lipinski definition) is 1. The Morgan fingerprint density at radius 1 is 1.24 bits per heavy atom. The van der Waals surface area contributed by atoms with E-state index in [2.05, 4.69) is 28.5 Å². The number of rotatable bonds is 6. The lowest BCUT2D eigenvalue weighted by Crippen LogP contribution is -2.02. The fraction of sp³-hybridized carbons (Fsp3) is 0.150. The van der Waals surface area contributed by atoms with Crippen molar-refractivity contribution in [2.75, 3.05) is 5.73 Å². The van der Waals surface area contributed by atoms with Gasteiger partial charge < -0.3 is 5.73 Å². The van der Waals surface area contributed by atoms with E-state index >= 15 is 0 Å². The van der Waals surface area contributed by atoms with E-state index in [9.17, 15) is 0 Å². The smallest absolute Gasteiger partial charge is 0.155 e. The Hall–Kier alpha value is -3.21. The van der Waals surface area contributed by atoms with Crippen LogP contribution in [0.3, 0.4) is 0 Å². The Balaban J connectivity index is 2.32. The number of aryl methyl sites for hydroxylation is 1. The van der Waals surface area contributed by atoms with Crippen LogP contribution in [-0.4, -0.2) is 9.78 Å². The monoisotopic (exact) mass is 333 g/mol. The predicted octanol–water partition coefficient (Wildman–Crippen LogP) is 5.83. The van der Waals surface area contributed by atoms with Crippen LogP contribution in [0, 0.1) is 6.92 Å². The second kappa shape index (κ2) is 8.06. The lowest BCUT2D eigenvalue weighted by molar-refractivity contribution is 0.897. The standard InChI is InChI=1S/C20H23N5/c1-6-8-9-18(7-2)25-20(21)19(15(5)24-25)23-22-17-12-10-16(11-13-17)14(3)4/h6-13H,1,3,21H2,2,4-5H3/b9-8-,18-7+,23-22?. The molecule has 128 valence electrons. The van der Waals surface area contributed by atoms with Gasteiger partial charge in [0.1, 0.15) is 0 Å². The maximum atomic E-state index is 6.21. The Kier molecular flexibility index (Phi) is 5.84. The van der Waals surface area contributed by atoms with Gasteiger partial charge in [0.15, 0.2) is 11.5 Å². The molecule has 5 nitrogen and oxygen atoms in total. The molecule has 0 aliphatic carbocycles. The van der Waals surface area contributed by atoms with Crippen LogP contribution in [0.4, 0.5) is 17.2 Å². The highest BCUT2D eigenvalue weighted by Gasteiger charge is 2.13. The molecule has 5 heteroatoms. The molecule has 0 amide bonds. The molecule has 0 atom stereocenters. The van der Waals surface area contributed by atoms with Crippen molar-refractivity contribution in [1.82, 2.24) is 9.78 Å². The van der Waals surface area contributed by atoms with Crippen LogP contribution < -0.4 is 5.73 Å². The van der Waals surface area contributed by atoms with Gasteiger partial charge in [-0.2, -0.15) is 10.2 Å². The summed E-state index contributed by atoms with van der Waals surface area (Å²) < 4.78 is 1.65. The first-order valence-electron chi connectivity index (χ1n) is 7.96. The molecule has 2 N–H and O–H groups in total. The lowest BCUT2D eigenvalue weighted by atomic mass is 10.1. The van der Waals surface area contributed by atoms with Crippen LogP contribution in [0.15, 0.2) is 72.0 Å². The third kappa shape index (κ3) is 4.20. The van der Waals surface area contributed by atoms with Crippen molar-refractivity contribution >= 4 is 28.5 Å². The van der Waals surface area contributed by atoms with E-state index in [-0.39, 0.29) is 0 Å². The van der Waals surface area contributed by atoms with Crippen LogP contribution in [0.5, 0.6) is 0 Å². The van der Waals surface area contributed by atoms with E-state index in [1.165, 1.54) is 0 Å². The average molecular weight is 333 g/mol. The van der Waals surface area contributed by atoms with Gasteiger partial charge in [0.25, 0.3) is 0 Å². The van der Waals surface area contributed by atoms with E-state index in [1.807, 2.05) is 63.3 Å². The molecule has 1 aromatic carbocycles. The minimum absolute atomic E-state index is 0.446. The van der Waals surface area contributed by atoms with E-state index in [1.54, 1.807) is 10.8 Å². The highest BCUT2D eigenvalue weighted by atomic mass is 15.3. The minimum Gasteiger partial charge on any atom is -0.382 e. The van der Waals surface area contributed by atoms with E-state index in [0.29, 0.717) is 17.2 Å². The Morgan fingerprint density at radius 2 is 1.92 bits per heavy atom. The summed E-state index contributed by atoms with van der Waals surface area (Å²) in [7, 11) is 0. The van der Waals surface area contributed by atoms with Gasteiger partial charge in [0.2, 0.25) is 0 Å². The summed E-state index contributed by atoms with van der Waals surface area (Å²) in [6, 6.07) is 7.73. The second-order valence-corrected chi connectivity index (χ2v) is 5.57. The molecule has 1 heterocycles. The molecule has 2 rings (SSSR count). The Bertz CT molecular complexity index is 864. The molecule has 0 fully saturated rings. The zero-order chi connectivity index (χ0) is 18.4. The van der Waals surface area contributed by atoms with Crippen LogP contribution in [-0.2, 0) is 0 Å². The first-order valence-corrected chi connectivity index (χ1v) is 7.96. The summed E-state index contributed by atoms with van der Waals surface area (Å²) in [5.41, 5.74) is 11.2. The van der Waals surface area contributed by atoms with Crippen molar-refractivity contribution in [3.63, 3.8) is 0 Å². The molecule has 0 radical (unpaired) electrons. The molecular formula is C20H23N5. The first-order chi connectivity index (χ1) is 12.0. The molecule has 0 saturated heterocycles. The summed E-state index contributed by atoms with van der Waals surface area (Å²) in [5.74, 6) is 0.446. The van der Waals surface area contributed by atoms with E-state index in [0.717, 1.165) is 22.5 Å². The summed E-state index contributed by atoms with van der Waals surface area (Å²) >= 11 is 0. The molecule has 0 unspecified atom stereocenters. The predicted molar refractivity (Wildman–Crippen MR) is 106 cm³/mol. The van der Waals surface area contributed by atoms with Crippen LogP contribution >= 0.6 is 0 Å². The van der Waals surface area contributed by atoms with Crippen LogP contribution in [0.1, 0.15) is 25.1 Å². The SMILES string of the molecule is C=C/C=C\C(=C/C)n1nc(C)c(N=Nc2ccc(C(=C)C)cc2)c1N. The Morgan fingerprint density at radius 3 is 2.48 bits per heavy atom. The fourth-order valence-corrected chi connectivity index (χ4v) is 2.23. The summed E-state index contributed by atoms with van der Waals surface area (Å²) in [6.45, 7) is 13.3. The van der Waals surface area contributed by atoms with Gasteiger partial charge in [-0.3, -0.25) is 0 Å². The van der Waals surface area contributed by atoms with Crippen molar-refractivity contribution in [3.05, 3.63) is 73.0 Å². The van der Waals surface area contributed by atoms with E-state index < -0.39 is 0 Å². The zero-order valence-corrected chi connectivity index (χ0v) is 14.9. The van der Waals surface area contributed by atoms with E-state index in [4.69, 9.17) is 5.73 Å². The topological polar surface area (TPSA) is 68.6 Å². The summed E-state index contributed by atoms with van der Waals surface area (Å²) in [5, 5.41) is 13.0. The maximum Gasteiger partial charge on any atom is 0.155 e. The highest BCUT2D eigenvalue weighted by molar-refractivity contribution is 5.70. The molecule has 25 heavy (non-hydrogen) atoms. The second-order valence-electron chi connectivity index (χ2n) is 5.57. The number of hydrogen-bond acceptors (Lipinski definition) is 4. The number of nitrogens with zero attached hydrogens (tertiary/aromatic N) is 4. The van der Waals surface area contributed by atoms with Crippen LogP contribution in [0.2, 0.25) is 0 Å². The number of aromatic nitrogens is 2. The van der Waals surface area contributed by atoms with Gasteiger partial charge in [0.05, 0.1) is 17.1 Å². The van der Waals surface area contributed by atoms with Gasteiger partial charge >= 0.3 is 0 Å². The molecule has 1 aromatic heterocycles. The van der Waals surface area contributed by atoms with Crippen molar-refractivity contribution in [3.8, 4) is 0 Å². The van der Waals surface area contributed by atoms with Gasteiger partial charge in [-0.05, 0) is 44.5 Å². The normalized spacial score (nSPS) is 12.2. The van der Waals surface area contributed by atoms with Crippen molar-refractivity contribution in [2.24, 2.45) is 10.2 Å². The Labute approximate surface area is 148 Å². The number of azo groups is 1. The zero-order valence-electron chi connectivity index (χ0n) is 14.9. The molecule has 0 aliphatic heterocycles. The molecule has 0 aliphatic rings.